The molecule has 11 heavy (non-hydrogen) atoms. The van der Waals surface area contributed by atoms with Crippen molar-refractivity contribution < 1.29 is 9.52 Å². The number of nitrogens with two attached hydrogens (primary N) is 1. The van der Waals surface area contributed by atoms with Crippen LogP contribution < -0.4 is 5.73 Å². The Hall–Kier alpha value is -0.800. The molecule has 1 rings (SSSR count). The lowest BCUT2D eigenvalue weighted by molar-refractivity contribution is 0.0425. The first-order valence-corrected chi connectivity index (χ1v) is 3.55. The van der Waals surface area contributed by atoms with Crippen molar-refractivity contribution in [3.05, 3.63) is 23.7 Å². The fourth-order valence-electron chi connectivity index (χ4n) is 0.825. The van der Waals surface area contributed by atoms with Gasteiger partial charge < -0.3 is 15.3 Å². The Labute approximate surface area is 65.8 Å². The van der Waals surface area contributed by atoms with Crippen molar-refractivity contribution in [2.24, 2.45) is 5.73 Å². The predicted octanol–water partition coefficient (Wildman–Crippen LogP) is 0.754. The third kappa shape index (κ3) is 1.61. The molecule has 0 saturated heterocycles. The molecule has 0 unspecified atom stereocenters. The minimum atomic E-state index is -1.03. The molecule has 3 heteroatoms. The van der Waals surface area contributed by atoms with Gasteiger partial charge in [0.05, 0.1) is 0 Å². The Morgan fingerprint density at radius 3 is 2.64 bits per heavy atom. The lowest BCUT2D eigenvalue weighted by atomic mass is 10.1. The van der Waals surface area contributed by atoms with Crippen LogP contribution in [0.1, 0.15) is 18.4 Å². The lowest BCUT2D eigenvalue weighted by Crippen LogP contribution is -2.30. The van der Waals surface area contributed by atoms with E-state index < -0.39 is 5.60 Å². The summed E-state index contributed by atoms with van der Waals surface area (Å²) in [5.74, 6) is 1.31. The third-order valence-electron chi connectivity index (χ3n) is 1.67. The lowest BCUT2D eigenvalue weighted by Gasteiger charge is -2.17. The van der Waals surface area contributed by atoms with Gasteiger partial charge in [0.1, 0.15) is 17.1 Å². The van der Waals surface area contributed by atoms with Crippen LogP contribution in [0.5, 0.6) is 0 Å². The van der Waals surface area contributed by atoms with Gasteiger partial charge in [0.25, 0.3) is 0 Å². The van der Waals surface area contributed by atoms with Crippen LogP contribution in [0.4, 0.5) is 0 Å². The number of furan rings is 1. The Kier molecular flexibility index (Phi) is 2.02. The number of rotatable bonds is 2. The normalized spacial score (nSPS) is 16.4. The SMILES string of the molecule is Cc1ccc([C@@](C)(O)CN)o1. The molecule has 1 aromatic heterocycles. The molecule has 0 aliphatic rings. The second-order valence-corrected chi connectivity index (χ2v) is 2.89. The molecule has 0 spiro atoms. The molecule has 0 bridgehead atoms. The maximum absolute atomic E-state index is 9.59. The summed E-state index contributed by atoms with van der Waals surface area (Å²) in [5, 5.41) is 9.59. The Morgan fingerprint density at radius 1 is 1.64 bits per heavy atom. The minimum Gasteiger partial charge on any atom is -0.463 e. The van der Waals surface area contributed by atoms with Crippen molar-refractivity contribution in [3.8, 4) is 0 Å². The van der Waals surface area contributed by atoms with E-state index in [1.165, 1.54) is 0 Å². The van der Waals surface area contributed by atoms with Crippen molar-refractivity contribution in [2.75, 3.05) is 6.54 Å². The zero-order chi connectivity index (χ0) is 8.48. The number of hydrogen-bond acceptors (Lipinski definition) is 3. The summed E-state index contributed by atoms with van der Waals surface area (Å²) in [6.07, 6.45) is 0. The molecule has 0 aromatic carbocycles. The van der Waals surface area contributed by atoms with Crippen LogP contribution in [0.3, 0.4) is 0 Å². The van der Waals surface area contributed by atoms with Crippen molar-refractivity contribution in [1.29, 1.82) is 0 Å². The molecule has 0 radical (unpaired) electrons. The van der Waals surface area contributed by atoms with Crippen LogP contribution in [0.2, 0.25) is 0 Å². The van der Waals surface area contributed by atoms with Crippen LogP contribution in [0, 0.1) is 6.92 Å². The summed E-state index contributed by atoms with van der Waals surface area (Å²) in [4.78, 5) is 0. The van der Waals surface area contributed by atoms with Crippen LogP contribution >= 0.6 is 0 Å². The molecule has 0 aliphatic carbocycles. The summed E-state index contributed by atoms with van der Waals surface area (Å²) in [7, 11) is 0. The molecule has 1 heterocycles. The van der Waals surface area contributed by atoms with E-state index in [-0.39, 0.29) is 6.54 Å². The second-order valence-electron chi connectivity index (χ2n) is 2.89. The van der Waals surface area contributed by atoms with Crippen molar-refractivity contribution in [1.82, 2.24) is 0 Å². The highest BCUT2D eigenvalue weighted by Crippen LogP contribution is 2.20. The van der Waals surface area contributed by atoms with Gasteiger partial charge in [0.2, 0.25) is 0 Å². The molecular formula is C8H13NO2. The quantitative estimate of drug-likeness (QED) is 0.662. The van der Waals surface area contributed by atoms with E-state index in [4.69, 9.17) is 10.2 Å². The molecular weight excluding hydrogens is 142 g/mol. The highest BCUT2D eigenvalue weighted by molar-refractivity contribution is 5.12. The average Bonchev–Trinajstić information content (AvgIpc) is 2.36. The highest BCUT2D eigenvalue weighted by Gasteiger charge is 2.24. The molecule has 0 amide bonds. The summed E-state index contributed by atoms with van der Waals surface area (Å²) in [6, 6.07) is 3.54. The van der Waals surface area contributed by atoms with Crippen LogP contribution in [0.25, 0.3) is 0 Å². The van der Waals surface area contributed by atoms with Crippen molar-refractivity contribution >= 4 is 0 Å². The van der Waals surface area contributed by atoms with Gasteiger partial charge in [0, 0.05) is 6.54 Å². The average molecular weight is 155 g/mol. The zero-order valence-corrected chi connectivity index (χ0v) is 6.79. The van der Waals surface area contributed by atoms with Crippen LogP contribution in [0.15, 0.2) is 16.5 Å². The molecule has 3 N–H and O–H groups in total. The first-order valence-electron chi connectivity index (χ1n) is 3.55. The van der Waals surface area contributed by atoms with E-state index in [1.807, 2.05) is 6.92 Å². The summed E-state index contributed by atoms with van der Waals surface area (Å²) in [5.41, 5.74) is 4.30. The van der Waals surface area contributed by atoms with Gasteiger partial charge in [-0.05, 0) is 26.0 Å². The smallest absolute Gasteiger partial charge is 0.136 e. The van der Waals surface area contributed by atoms with E-state index in [2.05, 4.69) is 0 Å². The van der Waals surface area contributed by atoms with Crippen molar-refractivity contribution in [3.63, 3.8) is 0 Å². The molecule has 1 aromatic rings. The zero-order valence-electron chi connectivity index (χ0n) is 6.79. The topological polar surface area (TPSA) is 59.4 Å². The number of aryl methyl sites for hydroxylation is 1. The fourth-order valence-corrected chi connectivity index (χ4v) is 0.825. The molecule has 1 atom stereocenters. The number of aliphatic hydroxyl groups is 1. The molecule has 62 valence electrons. The largest absolute Gasteiger partial charge is 0.463 e. The van der Waals surface area contributed by atoms with Gasteiger partial charge in [0.15, 0.2) is 0 Å². The van der Waals surface area contributed by atoms with E-state index in [0.29, 0.717) is 5.76 Å². The monoisotopic (exact) mass is 155 g/mol. The van der Waals surface area contributed by atoms with Gasteiger partial charge in [-0.15, -0.1) is 0 Å². The van der Waals surface area contributed by atoms with Gasteiger partial charge in [-0.3, -0.25) is 0 Å². The van der Waals surface area contributed by atoms with E-state index in [9.17, 15) is 5.11 Å². The Bertz CT molecular complexity index is 240. The van der Waals surface area contributed by atoms with E-state index in [1.54, 1.807) is 19.1 Å². The van der Waals surface area contributed by atoms with E-state index in [0.717, 1.165) is 5.76 Å². The molecule has 3 nitrogen and oxygen atoms in total. The summed E-state index contributed by atoms with van der Waals surface area (Å²) < 4.78 is 5.21. The number of hydrogen-bond donors (Lipinski definition) is 2. The third-order valence-corrected chi connectivity index (χ3v) is 1.67. The second kappa shape index (κ2) is 2.68. The first kappa shape index (κ1) is 8.30. The van der Waals surface area contributed by atoms with Crippen LogP contribution in [-0.4, -0.2) is 11.7 Å². The van der Waals surface area contributed by atoms with E-state index >= 15 is 0 Å². The Balaban J connectivity index is 2.92. The summed E-state index contributed by atoms with van der Waals surface area (Å²) in [6.45, 7) is 3.63. The highest BCUT2D eigenvalue weighted by atomic mass is 16.4. The van der Waals surface area contributed by atoms with Crippen LogP contribution in [-0.2, 0) is 5.60 Å². The predicted molar refractivity (Wildman–Crippen MR) is 42.1 cm³/mol. The fraction of sp³-hybridized carbons (Fsp3) is 0.500. The van der Waals surface area contributed by atoms with Gasteiger partial charge in [-0.25, -0.2) is 0 Å². The minimum absolute atomic E-state index is 0.167. The Morgan fingerprint density at radius 2 is 2.27 bits per heavy atom. The standard InChI is InChI=1S/C8H13NO2/c1-6-3-4-7(11-6)8(2,10)5-9/h3-4,10H,5,9H2,1-2H3/t8-/m0/s1. The maximum Gasteiger partial charge on any atom is 0.136 e. The molecule has 0 aliphatic heterocycles. The summed E-state index contributed by atoms with van der Waals surface area (Å²) >= 11 is 0. The molecule has 0 fully saturated rings. The van der Waals surface area contributed by atoms with Gasteiger partial charge in [-0.1, -0.05) is 0 Å². The molecule has 0 saturated carbocycles. The first-order chi connectivity index (χ1) is 5.06. The van der Waals surface area contributed by atoms with Gasteiger partial charge in [-0.2, -0.15) is 0 Å². The van der Waals surface area contributed by atoms with Gasteiger partial charge >= 0.3 is 0 Å². The van der Waals surface area contributed by atoms with Crippen molar-refractivity contribution in [2.45, 2.75) is 19.4 Å². The maximum atomic E-state index is 9.59.